The highest BCUT2D eigenvalue weighted by molar-refractivity contribution is 5.20. The van der Waals surface area contributed by atoms with E-state index in [2.05, 4.69) is 0 Å². The minimum absolute atomic E-state index is 0.0232. The molecule has 8 aromatic rings. The lowest BCUT2D eigenvalue weighted by molar-refractivity contribution is -0.352. The fraction of sp³-hybridized carbons (Fsp3) is 0.368. The Kier molecular flexibility index (Phi) is 25.6. The van der Waals surface area contributed by atoms with Crippen LogP contribution >= 0.6 is 0 Å². The van der Waals surface area contributed by atoms with E-state index in [4.69, 9.17) is 71.1 Å². The summed E-state index contributed by atoms with van der Waals surface area (Å²) in [5.74, 6) is 0. The van der Waals surface area contributed by atoms with Crippen molar-refractivity contribution in [2.75, 3.05) is 34.0 Å². The SMILES string of the molecule is COC1OC(COC2OC(COCc3ccccc3)C(OCc3ccccc3)C(OCC3OC(OC)C(OCc4ccccc4)C(OCc4ccccc4)C3OCc3ccccc3)C2O)C(OCc2ccccc2)C(OCc2ccccc2)C1OCc1ccccc1. The van der Waals surface area contributed by atoms with Gasteiger partial charge in [-0.1, -0.05) is 243 Å². The quantitative estimate of drug-likeness (QED) is 0.0414. The molecule has 0 saturated carbocycles. The van der Waals surface area contributed by atoms with E-state index in [0.29, 0.717) is 0 Å². The Morgan fingerprint density at radius 3 is 0.793 bits per heavy atom. The van der Waals surface area contributed by atoms with E-state index in [1.807, 2.05) is 243 Å². The normalized spacial score (nSPS) is 26.5. The zero-order valence-corrected chi connectivity index (χ0v) is 52.1. The summed E-state index contributed by atoms with van der Waals surface area (Å²) < 4.78 is 102. The van der Waals surface area contributed by atoms with Gasteiger partial charge in [-0.25, -0.2) is 0 Å². The summed E-state index contributed by atoms with van der Waals surface area (Å²) in [4.78, 5) is 0. The standard InChI is InChI=1S/C76H84O16/c1-78-75-72(86-49-60-39-23-9-24-40-60)70(84-47-58-35-19-7-20-36-58)67(82-45-56-31-15-5-16-32-56)63(91-75)52-88-69-65(77)74(90-62(51-80-43-54-27-11-3-12-28-54)66(69)81-44-55-29-13-4-14-30-55)89-53-64-68(83-46-57-33-17-6-18-34-57)71(85-48-59-37-21-8-22-38-59)73(76(79-2)92-64)87-50-61-41-25-10-26-42-61/h3-42,62-77H,43-53H2,1-2H3. The number of methoxy groups -OCH3 is 2. The van der Waals surface area contributed by atoms with Gasteiger partial charge in [0, 0.05) is 14.2 Å². The summed E-state index contributed by atoms with van der Waals surface area (Å²) in [5, 5.41) is 13.1. The molecule has 3 aliphatic heterocycles. The van der Waals surface area contributed by atoms with Crippen molar-refractivity contribution in [1.29, 1.82) is 0 Å². The molecule has 3 heterocycles. The average molecular weight is 1250 g/mol. The highest BCUT2D eigenvalue weighted by Gasteiger charge is 2.54. The molecule has 3 saturated heterocycles. The summed E-state index contributed by atoms with van der Waals surface area (Å²) >= 11 is 0. The second-order valence-electron chi connectivity index (χ2n) is 23.1. The first-order valence-electron chi connectivity index (χ1n) is 31.6. The summed E-state index contributed by atoms with van der Waals surface area (Å²) in [6.07, 6.45) is -14.1. The van der Waals surface area contributed by atoms with Crippen molar-refractivity contribution in [1.82, 2.24) is 0 Å². The molecule has 0 radical (unpaired) electrons. The Bertz CT molecular complexity index is 3270. The molecule has 0 aromatic heterocycles. The van der Waals surface area contributed by atoms with Gasteiger partial charge in [0.1, 0.15) is 73.2 Å². The summed E-state index contributed by atoms with van der Waals surface area (Å²) in [6, 6.07) is 79.2. The molecule has 3 aliphatic rings. The molecule has 8 aromatic carbocycles. The third kappa shape index (κ3) is 18.9. The number of hydrogen-bond donors (Lipinski definition) is 1. The maximum atomic E-state index is 13.1. The number of rotatable bonds is 33. The van der Waals surface area contributed by atoms with Crippen LogP contribution in [-0.2, 0) is 124 Å². The molecule has 16 nitrogen and oxygen atoms in total. The zero-order valence-electron chi connectivity index (χ0n) is 52.1. The van der Waals surface area contributed by atoms with Gasteiger partial charge in [0.25, 0.3) is 0 Å². The molecule has 0 bridgehead atoms. The van der Waals surface area contributed by atoms with E-state index in [1.54, 1.807) is 14.2 Å². The summed E-state index contributed by atoms with van der Waals surface area (Å²) in [6.45, 7) is 1.52. The monoisotopic (exact) mass is 1250 g/mol. The number of ether oxygens (including phenoxy) is 15. The molecule has 484 valence electrons. The lowest BCUT2D eigenvalue weighted by Gasteiger charge is -2.48. The minimum atomic E-state index is -1.49. The van der Waals surface area contributed by atoms with Crippen LogP contribution in [-0.4, -0.2) is 131 Å². The molecular weight excluding hydrogens is 1170 g/mol. The van der Waals surface area contributed by atoms with E-state index in [0.717, 1.165) is 44.5 Å². The predicted molar refractivity (Wildman–Crippen MR) is 343 cm³/mol. The Hall–Kier alpha value is -6.88. The van der Waals surface area contributed by atoms with Crippen LogP contribution in [0.15, 0.2) is 243 Å². The Labute approximate surface area is 540 Å². The van der Waals surface area contributed by atoms with Gasteiger partial charge in [-0.15, -0.1) is 0 Å². The Morgan fingerprint density at radius 2 is 0.489 bits per heavy atom. The molecule has 0 aliphatic carbocycles. The number of aliphatic hydroxyl groups excluding tert-OH is 1. The molecule has 1 N–H and O–H groups in total. The minimum Gasteiger partial charge on any atom is -0.385 e. The van der Waals surface area contributed by atoms with E-state index in [9.17, 15) is 5.11 Å². The first kappa shape index (κ1) is 66.6. The number of benzene rings is 8. The molecular formula is C76H84O16. The maximum Gasteiger partial charge on any atom is 0.186 e. The van der Waals surface area contributed by atoms with Crippen molar-refractivity contribution in [2.24, 2.45) is 0 Å². The van der Waals surface area contributed by atoms with Gasteiger partial charge < -0.3 is 76.2 Å². The second kappa shape index (κ2) is 35.4. The molecule has 0 spiro atoms. The molecule has 16 heteroatoms. The highest BCUT2D eigenvalue weighted by atomic mass is 16.8. The van der Waals surface area contributed by atoms with Crippen molar-refractivity contribution >= 4 is 0 Å². The van der Waals surface area contributed by atoms with Crippen LogP contribution in [0.1, 0.15) is 44.5 Å². The third-order valence-electron chi connectivity index (χ3n) is 16.5. The lowest BCUT2D eigenvalue weighted by Crippen LogP contribution is -2.64. The molecule has 92 heavy (non-hydrogen) atoms. The van der Waals surface area contributed by atoms with Crippen LogP contribution in [0.2, 0.25) is 0 Å². The van der Waals surface area contributed by atoms with Crippen molar-refractivity contribution < 1.29 is 76.2 Å². The fourth-order valence-electron chi connectivity index (χ4n) is 11.7. The van der Waals surface area contributed by atoms with Crippen molar-refractivity contribution in [3.63, 3.8) is 0 Å². The topological polar surface area (TPSA) is 159 Å². The second-order valence-corrected chi connectivity index (χ2v) is 23.1. The molecule has 15 atom stereocenters. The summed E-state index contributed by atoms with van der Waals surface area (Å²) in [5.41, 5.74) is 7.56. The first-order valence-corrected chi connectivity index (χ1v) is 31.6. The van der Waals surface area contributed by atoms with E-state index in [1.165, 1.54) is 0 Å². The van der Waals surface area contributed by atoms with Gasteiger partial charge in [-0.3, -0.25) is 0 Å². The van der Waals surface area contributed by atoms with Crippen LogP contribution in [0.5, 0.6) is 0 Å². The van der Waals surface area contributed by atoms with Crippen LogP contribution < -0.4 is 0 Å². The van der Waals surface area contributed by atoms with Crippen LogP contribution in [0.3, 0.4) is 0 Å². The Balaban J connectivity index is 0.915. The van der Waals surface area contributed by atoms with E-state index in [-0.39, 0.29) is 72.7 Å². The summed E-state index contributed by atoms with van der Waals surface area (Å²) in [7, 11) is 3.15. The number of aliphatic hydroxyl groups is 1. The molecule has 15 unspecified atom stereocenters. The average Bonchev–Trinajstić information content (AvgIpc) is 1.54. The zero-order chi connectivity index (χ0) is 62.9. The fourth-order valence-corrected chi connectivity index (χ4v) is 11.7. The van der Waals surface area contributed by atoms with Crippen LogP contribution in [0.25, 0.3) is 0 Å². The van der Waals surface area contributed by atoms with Crippen molar-refractivity contribution in [3.05, 3.63) is 287 Å². The Morgan fingerprint density at radius 1 is 0.250 bits per heavy atom. The van der Waals surface area contributed by atoms with Gasteiger partial charge in [-0.2, -0.15) is 0 Å². The van der Waals surface area contributed by atoms with Gasteiger partial charge in [0.2, 0.25) is 0 Å². The third-order valence-corrected chi connectivity index (χ3v) is 16.5. The predicted octanol–water partition coefficient (Wildman–Crippen LogP) is 11.5. The smallest absolute Gasteiger partial charge is 0.186 e. The van der Waals surface area contributed by atoms with Crippen LogP contribution in [0.4, 0.5) is 0 Å². The van der Waals surface area contributed by atoms with Gasteiger partial charge >= 0.3 is 0 Å². The van der Waals surface area contributed by atoms with Crippen LogP contribution in [0, 0.1) is 0 Å². The van der Waals surface area contributed by atoms with Gasteiger partial charge in [0.05, 0.1) is 72.7 Å². The van der Waals surface area contributed by atoms with Gasteiger partial charge in [0.15, 0.2) is 18.9 Å². The van der Waals surface area contributed by atoms with Crippen molar-refractivity contribution in [3.8, 4) is 0 Å². The van der Waals surface area contributed by atoms with E-state index >= 15 is 0 Å². The molecule has 0 amide bonds. The largest absolute Gasteiger partial charge is 0.385 e. The number of hydrogen-bond acceptors (Lipinski definition) is 16. The molecule has 3 fully saturated rings. The maximum absolute atomic E-state index is 13.1. The molecule has 11 rings (SSSR count). The van der Waals surface area contributed by atoms with Crippen molar-refractivity contribution in [2.45, 2.75) is 145 Å². The van der Waals surface area contributed by atoms with Gasteiger partial charge in [-0.05, 0) is 44.5 Å². The van der Waals surface area contributed by atoms with E-state index < -0.39 is 92.1 Å². The first-order chi connectivity index (χ1) is 45.5. The lowest BCUT2D eigenvalue weighted by atomic mass is 9.96. The highest BCUT2D eigenvalue weighted by Crippen LogP contribution is 2.36.